The molecule has 1 aliphatic carbocycles. The molecular formula is C12H16BrNO. The number of hydrogen-bond acceptors (Lipinski definition) is 2. The van der Waals surface area contributed by atoms with E-state index in [2.05, 4.69) is 22.9 Å². The molecule has 1 aromatic carbocycles. The molecule has 0 spiro atoms. The Bertz CT molecular complexity index is 397. The summed E-state index contributed by atoms with van der Waals surface area (Å²) in [5, 5.41) is 9.57. The molecule has 1 atom stereocenters. The van der Waals surface area contributed by atoms with Gasteiger partial charge in [-0.15, -0.1) is 0 Å². The van der Waals surface area contributed by atoms with E-state index in [-0.39, 0.29) is 11.5 Å². The molecule has 0 aliphatic heterocycles. The third-order valence-corrected chi connectivity index (χ3v) is 4.13. The van der Waals surface area contributed by atoms with Crippen molar-refractivity contribution in [2.24, 2.45) is 5.73 Å². The summed E-state index contributed by atoms with van der Waals surface area (Å²) in [4.78, 5) is 0. The number of hydrogen-bond donors (Lipinski definition) is 2. The van der Waals surface area contributed by atoms with Crippen LogP contribution in [0.15, 0.2) is 16.6 Å². The van der Waals surface area contributed by atoms with Crippen molar-refractivity contribution >= 4 is 15.9 Å². The normalized spacial score (nSPS) is 20.0. The second-order valence-electron chi connectivity index (χ2n) is 4.56. The summed E-state index contributed by atoms with van der Waals surface area (Å²) in [6.45, 7) is 4.09. The highest BCUT2D eigenvalue weighted by molar-refractivity contribution is 9.10. The van der Waals surface area contributed by atoms with E-state index in [1.165, 1.54) is 5.56 Å². The van der Waals surface area contributed by atoms with Gasteiger partial charge in [-0.3, -0.25) is 0 Å². The molecule has 2 rings (SSSR count). The molecule has 1 aliphatic rings. The first-order valence-corrected chi connectivity index (χ1v) is 6.02. The third-order valence-electron chi connectivity index (χ3n) is 3.49. The van der Waals surface area contributed by atoms with Gasteiger partial charge in [-0.1, -0.05) is 0 Å². The van der Waals surface area contributed by atoms with Crippen molar-refractivity contribution in [2.45, 2.75) is 38.1 Å². The SMILES string of the molecule is Cc1cc(O)c(Br)cc1C1(C(C)N)CC1. The second kappa shape index (κ2) is 3.49. The van der Waals surface area contributed by atoms with Gasteiger partial charge in [0.1, 0.15) is 5.75 Å². The van der Waals surface area contributed by atoms with Crippen molar-refractivity contribution in [3.63, 3.8) is 0 Å². The van der Waals surface area contributed by atoms with Crippen molar-refractivity contribution in [1.29, 1.82) is 0 Å². The van der Waals surface area contributed by atoms with Gasteiger partial charge < -0.3 is 10.8 Å². The molecule has 0 saturated heterocycles. The van der Waals surface area contributed by atoms with Crippen LogP contribution in [0.5, 0.6) is 5.75 Å². The van der Waals surface area contributed by atoms with Gasteiger partial charge in [0.15, 0.2) is 0 Å². The lowest BCUT2D eigenvalue weighted by atomic mass is 9.86. The largest absolute Gasteiger partial charge is 0.507 e. The standard InChI is InChI=1S/C12H16BrNO/c1-7-5-11(15)10(13)6-9(7)12(3-4-12)8(2)14/h5-6,8,15H,3-4,14H2,1-2H3. The smallest absolute Gasteiger partial charge is 0.130 e. The molecule has 3 heteroatoms. The second-order valence-corrected chi connectivity index (χ2v) is 5.42. The van der Waals surface area contributed by atoms with Crippen LogP contribution in [-0.4, -0.2) is 11.1 Å². The number of nitrogens with two attached hydrogens (primary N) is 1. The highest BCUT2D eigenvalue weighted by atomic mass is 79.9. The predicted octanol–water partition coefficient (Wildman–Crippen LogP) is 2.84. The number of aromatic hydroxyl groups is 1. The molecule has 0 heterocycles. The number of rotatable bonds is 2. The third kappa shape index (κ3) is 1.68. The van der Waals surface area contributed by atoms with E-state index in [4.69, 9.17) is 5.73 Å². The number of phenols is 1. The van der Waals surface area contributed by atoms with Crippen LogP contribution in [0, 0.1) is 6.92 Å². The summed E-state index contributed by atoms with van der Waals surface area (Å²) >= 11 is 3.36. The zero-order chi connectivity index (χ0) is 11.2. The molecule has 15 heavy (non-hydrogen) atoms. The molecule has 1 unspecified atom stereocenters. The molecule has 0 bridgehead atoms. The first-order valence-electron chi connectivity index (χ1n) is 5.22. The van der Waals surface area contributed by atoms with Crippen molar-refractivity contribution < 1.29 is 5.11 Å². The maximum absolute atomic E-state index is 9.57. The van der Waals surface area contributed by atoms with E-state index in [1.807, 2.05) is 19.1 Å². The zero-order valence-corrected chi connectivity index (χ0v) is 10.6. The lowest BCUT2D eigenvalue weighted by Crippen LogP contribution is -2.32. The minimum Gasteiger partial charge on any atom is -0.507 e. The Kier molecular flexibility index (Phi) is 2.55. The topological polar surface area (TPSA) is 46.2 Å². The van der Waals surface area contributed by atoms with E-state index in [0.29, 0.717) is 5.75 Å². The molecule has 1 aromatic rings. The zero-order valence-electron chi connectivity index (χ0n) is 9.05. The summed E-state index contributed by atoms with van der Waals surface area (Å²) in [5.41, 5.74) is 8.61. The Hall–Kier alpha value is -0.540. The van der Waals surface area contributed by atoms with Crippen LogP contribution < -0.4 is 5.73 Å². The van der Waals surface area contributed by atoms with Crippen molar-refractivity contribution in [3.05, 3.63) is 27.7 Å². The quantitative estimate of drug-likeness (QED) is 0.868. The van der Waals surface area contributed by atoms with Gasteiger partial charge in [-0.2, -0.15) is 0 Å². The summed E-state index contributed by atoms with van der Waals surface area (Å²) in [7, 11) is 0. The minimum absolute atomic E-state index is 0.153. The number of benzene rings is 1. The first kappa shape index (κ1) is 11.0. The fraction of sp³-hybridized carbons (Fsp3) is 0.500. The Morgan fingerprint density at radius 1 is 1.47 bits per heavy atom. The fourth-order valence-electron chi connectivity index (χ4n) is 2.31. The Morgan fingerprint density at radius 2 is 2.07 bits per heavy atom. The number of aryl methyl sites for hydroxylation is 1. The highest BCUT2D eigenvalue weighted by Crippen LogP contribution is 2.52. The van der Waals surface area contributed by atoms with Crippen molar-refractivity contribution in [2.75, 3.05) is 0 Å². The van der Waals surface area contributed by atoms with Crippen LogP contribution in [0.25, 0.3) is 0 Å². The summed E-state index contributed by atoms with van der Waals surface area (Å²) in [6, 6.07) is 4.00. The van der Waals surface area contributed by atoms with Gasteiger partial charge in [-0.05, 0) is 65.9 Å². The van der Waals surface area contributed by atoms with E-state index < -0.39 is 0 Å². The average Bonchev–Trinajstić information content (AvgIpc) is 2.92. The summed E-state index contributed by atoms with van der Waals surface area (Å²) < 4.78 is 0.759. The van der Waals surface area contributed by atoms with Gasteiger partial charge in [0.25, 0.3) is 0 Å². The van der Waals surface area contributed by atoms with Gasteiger partial charge >= 0.3 is 0 Å². The average molecular weight is 270 g/mol. The molecule has 1 fully saturated rings. The molecule has 2 nitrogen and oxygen atoms in total. The van der Waals surface area contributed by atoms with Crippen LogP contribution >= 0.6 is 15.9 Å². The van der Waals surface area contributed by atoms with Crippen molar-refractivity contribution in [1.82, 2.24) is 0 Å². The molecule has 0 amide bonds. The lowest BCUT2D eigenvalue weighted by molar-refractivity contribution is 0.469. The van der Waals surface area contributed by atoms with Gasteiger partial charge in [0, 0.05) is 11.5 Å². The lowest BCUT2D eigenvalue weighted by Gasteiger charge is -2.22. The molecule has 3 N–H and O–H groups in total. The van der Waals surface area contributed by atoms with Gasteiger partial charge in [0.05, 0.1) is 4.47 Å². The van der Waals surface area contributed by atoms with Crippen LogP contribution in [0.1, 0.15) is 30.9 Å². The Labute approximate surface area is 98.6 Å². The maximum Gasteiger partial charge on any atom is 0.130 e. The monoisotopic (exact) mass is 269 g/mol. The van der Waals surface area contributed by atoms with Crippen LogP contribution in [-0.2, 0) is 5.41 Å². The summed E-state index contributed by atoms with van der Waals surface area (Å²) in [6.07, 6.45) is 2.31. The van der Waals surface area contributed by atoms with Crippen LogP contribution in [0.2, 0.25) is 0 Å². The highest BCUT2D eigenvalue weighted by Gasteiger charge is 2.48. The van der Waals surface area contributed by atoms with Gasteiger partial charge in [-0.25, -0.2) is 0 Å². The predicted molar refractivity (Wildman–Crippen MR) is 65.1 cm³/mol. The van der Waals surface area contributed by atoms with E-state index >= 15 is 0 Å². The number of halogens is 1. The van der Waals surface area contributed by atoms with E-state index in [0.717, 1.165) is 22.9 Å². The Morgan fingerprint density at radius 3 is 2.53 bits per heavy atom. The minimum atomic E-state index is 0.153. The van der Waals surface area contributed by atoms with Crippen LogP contribution in [0.4, 0.5) is 0 Å². The molecular weight excluding hydrogens is 254 g/mol. The van der Waals surface area contributed by atoms with Crippen LogP contribution in [0.3, 0.4) is 0 Å². The molecule has 1 saturated carbocycles. The molecule has 0 radical (unpaired) electrons. The molecule has 0 aromatic heterocycles. The van der Waals surface area contributed by atoms with Gasteiger partial charge in [0.2, 0.25) is 0 Å². The molecule has 82 valence electrons. The van der Waals surface area contributed by atoms with E-state index in [1.54, 1.807) is 0 Å². The van der Waals surface area contributed by atoms with Crippen molar-refractivity contribution in [3.8, 4) is 5.75 Å². The van der Waals surface area contributed by atoms with E-state index in [9.17, 15) is 5.11 Å². The Balaban J connectivity index is 2.49. The maximum atomic E-state index is 9.57. The summed E-state index contributed by atoms with van der Waals surface area (Å²) in [5.74, 6) is 0.303. The first-order chi connectivity index (χ1) is 6.97. The fourth-order valence-corrected chi connectivity index (χ4v) is 2.65. The number of phenolic OH excluding ortho intramolecular Hbond substituents is 1.